The minimum atomic E-state index is -3.53. The second-order valence-electron chi connectivity index (χ2n) is 7.18. The van der Waals surface area contributed by atoms with Gasteiger partial charge in [0.1, 0.15) is 0 Å². The molecule has 1 aromatic carbocycles. The fourth-order valence-electron chi connectivity index (χ4n) is 3.61. The molecule has 0 saturated heterocycles. The van der Waals surface area contributed by atoms with E-state index in [2.05, 4.69) is 24.6 Å². The second-order valence-corrected chi connectivity index (χ2v) is 8.94. The smallest absolute Gasteiger partial charge is 0.303 e. The van der Waals surface area contributed by atoms with E-state index in [1.807, 2.05) is 6.92 Å². The van der Waals surface area contributed by atoms with E-state index in [1.54, 1.807) is 30.3 Å². The van der Waals surface area contributed by atoms with Crippen molar-refractivity contribution in [3.63, 3.8) is 0 Å². The Hall–Kier alpha value is -1.66. The lowest BCUT2D eigenvalue weighted by atomic mass is 9.70. The standard InChI is InChI=1S/C19H27NO4S/c1-13(2)18-10-15(11-19(21)22)14(3)9-16(18)12-20-25(23,24)17-7-5-4-6-8-17/h4-9,13,15-16,18,20H,10-12H2,1-3H3,(H,21,22). The van der Waals surface area contributed by atoms with Gasteiger partial charge in [0.25, 0.3) is 0 Å². The van der Waals surface area contributed by atoms with Gasteiger partial charge < -0.3 is 5.11 Å². The molecule has 2 N–H and O–H groups in total. The molecule has 6 heteroatoms. The van der Waals surface area contributed by atoms with Crippen LogP contribution in [0.3, 0.4) is 0 Å². The quantitative estimate of drug-likeness (QED) is 0.726. The lowest BCUT2D eigenvalue weighted by Gasteiger charge is -2.36. The maximum Gasteiger partial charge on any atom is 0.303 e. The molecule has 3 unspecified atom stereocenters. The maximum atomic E-state index is 12.4. The largest absolute Gasteiger partial charge is 0.481 e. The molecule has 0 bridgehead atoms. The van der Waals surface area contributed by atoms with Crippen molar-refractivity contribution >= 4 is 16.0 Å². The molecule has 0 amide bonds. The topological polar surface area (TPSA) is 83.5 Å². The van der Waals surface area contributed by atoms with Crippen molar-refractivity contribution in [3.05, 3.63) is 42.0 Å². The summed E-state index contributed by atoms with van der Waals surface area (Å²) in [5.74, 6) is -0.0719. The first-order chi connectivity index (χ1) is 11.7. The first kappa shape index (κ1) is 19.7. The van der Waals surface area contributed by atoms with Gasteiger partial charge in [-0.25, -0.2) is 13.1 Å². The van der Waals surface area contributed by atoms with E-state index in [-0.39, 0.29) is 29.1 Å². The predicted molar refractivity (Wildman–Crippen MR) is 97.6 cm³/mol. The summed E-state index contributed by atoms with van der Waals surface area (Å²) in [5, 5.41) is 9.09. The number of hydrogen-bond donors (Lipinski definition) is 2. The Morgan fingerprint density at radius 3 is 2.48 bits per heavy atom. The molecule has 0 aromatic heterocycles. The number of hydrogen-bond acceptors (Lipinski definition) is 3. The van der Waals surface area contributed by atoms with Crippen LogP contribution < -0.4 is 4.72 Å². The van der Waals surface area contributed by atoms with Crippen molar-refractivity contribution in [2.24, 2.45) is 23.7 Å². The van der Waals surface area contributed by atoms with Crippen LogP contribution in [0.5, 0.6) is 0 Å². The fourth-order valence-corrected chi connectivity index (χ4v) is 4.70. The summed E-state index contributed by atoms with van der Waals surface area (Å²) >= 11 is 0. The molecule has 5 nitrogen and oxygen atoms in total. The molecule has 0 saturated carbocycles. The second kappa shape index (κ2) is 8.15. The van der Waals surface area contributed by atoms with Crippen molar-refractivity contribution in [3.8, 4) is 0 Å². The molecule has 0 radical (unpaired) electrons. The molecule has 1 aliphatic rings. The van der Waals surface area contributed by atoms with Crippen molar-refractivity contribution in [1.82, 2.24) is 4.72 Å². The van der Waals surface area contributed by atoms with Gasteiger partial charge in [-0.15, -0.1) is 0 Å². The number of carboxylic acid groups (broad SMARTS) is 1. The van der Waals surface area contributed by atoms with E-state index < -0.39 is 16.0 Å². The number of carbonyl (C=O) groups is 1. The third kappa shape index (κ3) is 5.16. The fraction of sp³-hybridized carbons (Fsp3) is 0.526. The van der Waals surface area contributed by atoms with Crippen LogP contribution in [-0.2, 0) is 14.8 Å². The molecular weight excluding hydrogens is 338 g/mol. The number of allylic oxidation sites excluding steroid dienone is 1. The summed E-state index contributed by atoms with van der Waals surface area (Å²) in [4.78, 5) is 11.3. The van der Waals surface area contributed by atoms with Crippen LogP contribution in [-0.4, -0.2) is 26.0 Å². The Bertz CT molecular complexity index is 725. The number of sulfonamides is 1. The van der Waals surface area contributed by atoms with Gasteiger partial charge in [-0.1, -0.05) is 43.7 Å². The van der Waals surface area contributed by atoms with Crippen LogP contribution in [0, 0.1) is 23.7 Å². The number of rotatable bonds is 7. The van der Waals surface area contributed by atoms with Gasteiger partial charge in [-0.05, 0) is 49.1 Å². The van der Waals surface area contributed by atoms with Crippen LogP contribution in [0.15, 0.2) is 46.9 Å². The van der Waals surface area contributed by atoms with Gasteiger partial charge in [0, 0.05) is 6.54 Å². The molecule has 2 rings (SSSR count). The Balaban J connectivity index is 2.14. The van der Waals surface area contributed by atoms with Crippen molar-refractivity contribution in [2.75, 3.05) is 6.54 Å². The average molecular weight is 365 g/mol. The Kier molecular flexibility index (Phi) is 6.41. The van der Waals surface area contributed by atoms with Gasteiger partial charge >= 0.3 is 5.97 Å². The van der Waals surface area contributed by atoms with Gasteiger partial charge in [0.2, 0.25) is 10.0 Å². The van der Waals surface area contributed by atoms with Gasteiger partial charge in [0.15, 0.2) is 0 Å². The van der Waals surface area contributed by atoms with Crippen LogP contribution in [0.1, 0.15) is 33.6 Å². The Labute approximate surface area is 150 Å². The Morgan fingerprint density at radius 1 is 1.28 bits per heavy atom. The SMILES string of the molecule is CC1=CC(CNS(=O)(=O)c2ccccc2)C(C(C)C)CC1CC(=O)O. The summed E-state index contributed by atoms with van der Waals surface area (Å²) in [6.07, 6.45) is 2.98. The van der Waals surface area contributed by atoms with Crippen molar-refractivity contribution in [1.29, 1.82) is 0 Å². The zero-order chi connectivity index (χ0) is 18.6. The average Bonchev–Trinajstić information content (AvgIpc) is 2.55. The minimum absolute atomic E-state index is 0.0341. The van der Waals surface area contributed by atoms with Crippen LogP contribution in [0.25, 0.3) is 0 Å². The minimum Gasteiger partial charge on any atom is -0.481 e. The molecular formula is C19H27NO4S. The van der Waals surface area contributed by atoms with Crippen molar-refractivity contribution in [2.45, 2.75) is 38.5 Å². The molecule has 3 atom stereocenters. The maximum absolute atomic E-state index is 12.4. The molecule has 25 heavy (non-hydrogen) atoms. The molecule has 0 spiro atoms. The first-order valence-electron chi connectivity index (χ1n) is 8.65. The molecule has 138 valence electrons. The van der Waals surface area contributed by atoms with E-state index in [9.17, 15) is 13.2 Å². The van der Waals surface area contributed by atoms with Crippen molar-refractivity contribution < 1.29 is 18.3 Å². The summed E-state index contributed by atoms with van der Waals surface area (Å²) in [7, 11) is -3.53. The highest BCUT2D eigenvalue weighted by molar-refractivity contribution is 7.89. The van der Waals surface area contributed by atoms with Crippen LogP contribution >= 0.6 is 0 Å². The van der Waals surface area contributed by atoms with E-state index in [0.717, 1.165) is 12.0 Å². The van der Waals surface area contributed by atoms with Gasteiger partial charge in [-0.2, -0.15) is 0 Å². The summed E-state index contributed by atoms with van der Waals surface area (Å²) in [6, 6.07) is 8.34. The van der Waals surface area contributed by atoms with Crippen LogP contribution in [0.2, 0.25) is 0 Å². The first-order valence-corrected chi connectivity index (χ1v) is 10.1. The molecule has 0 heterocycles. The van der Waals surface area contributed by atoms with E-state index in [4.69, 9.17) is 5.11 Å². The molecule has 1 aliphatic carbocycles. The predicted octanol–water partition coefficient (Wildman–Crippen LogP) is 3.29. The van der Waals surface area contributed by atoms with Crippen LogP contribution in [0.4, 0.5) is 0 Å². The highest BCUT2D eigenvalue weighted by Gasteiger charge is 2.33. The zero-order valence-electron chi connectivity index (χ0n) is 15.0. The van der Waals surface area contributed by atoms with E-state index in [0.29, 0.717) is 12.5 Å². The highest BCUT2D eigenvalue weighted by atomic mass is 32.2. The molecule has 1 aromatic rings. The van der Waals surface area contributed by atoms with E-state index in [1.165, 1.54) is 0 Å². The van der Waals surface area contributed by atoms with Gasteiger partial charge in [-0.3, -0.25) is 4.79 Å². The lowest BCUT2D eigenvalue weighted by Crippen LogP contribution is -2.37. The highest BCUT2D eigenvalue weighted by Crippen LogP contribution is 2.38. The Morgan fingerprint density at radius 2 is 1.92 bits per heavy atom. The summed E-state index contributed by atoms with van der Waals surface area (Å²) in [6.45, 7) is 6.49. The number of aliphatic carboxylic acids is 1. The number of carboxylic acids is 1. The molecule has 0 aliphatic heterocycles. The van der Waals surface area contributed by atoms with Gasteiger partial charge in [0.05, 0.1) is 11.3 Å². The zero-order valence-corrected chi connectivity index (χ0v) is 15.8. The molecule has 0 fully saturated rings. The lowest BCUT2D eigenvalue weighted by molar-refractivity contribution is -0.138. The number of nitrogens with one attached hydrogen (secondary N) is 1. The third-order valence-corrected chi connectivity index (χ3v) is 6.51. The monoisotopic (exact) mass is 365 g/mol. The summed E-state index contributed by atoms with van der Waals surface area (Å²) < 4.78 is 27.6. The number of benzene rings is 1. The van der Waals surface area contributed by atoms with E-state index >= 15 is 0 Å². The third-order valence-electron chi connectivity index (χ3n) is 5.07. The normalized spacial score (nSPS) is 24.2. The summed E-state index contributed by atoms with van der Waals surface area (Å²) in [5.41, 5.74) is 1.04.